The van der Waals surface area contributed by atoms with Gasteiger partial charge in [-0.15, -0.1) is 0 Å². The molecule has 2 aromatic rings. The first-order valence-electron chi connectivity index (χ1n) is 8.20. The van der Waals surface area contributed by atoms with E-state index in [1.165, 1.54) is 13.8 Å². The first kappa shape index (κ1) is 20.4. The number of urea groups is 1. The van der Waals surface area contributed by atoms with E-state index in [0.29, 0.717) is 0 Å². The molecule has 3 rings (SSSR count). The van der Waals surface area contributed by atoms with Crippen LogP contribution in [0.3, 0.4) is 0 Å². The summed E-state index contributed by atoms with van der Waals surface area (Å²) >= 11 is 0. The minimum absolute atomic E-state index is 0.184. The SMILES string of the molecule is COc1cc(Oc2nc(N3C(=O)NC(C)(C)C3=O)ccc2F)ccc1C(F)(F)F. The van der Waals surface area contributed by atoms with Gasteiger partial charge in [0.15, 0.2) is 5.82 Å². The number of hydrogen-bond acceptors (Lipinski definition) is 5. The fourth-order valence-corrected chi connectivity index (χ4v) is 2.65. The maximum atomic E-state index is 14.1. The second kappa shape index (κ2) is 6.90. The molecule has 0 aliphatic carbocycles. The molecule has 7 nitrogen and oxygen atoms in total. The van der Waals surface area contributed by atoms with Crippen LogP contribution in [0.25, 0.3) is 0 Å². The molecule has 0 saturated carbocycles. The fraction of sp³-hybridized carbons (Fsp3) is 0.278. The molecule has 1 saturated heterocycles. The Morgan fingerprint density at radius 3 is 2.38 bits per heavy atom. The van der Waals surface area contributed by atoms with E-state index >= 15 is 0 Å². The molecule has 2 heterocycles. The first-order valence-corrected chi connectivity index (χ1v) is 8.20. The summed E-state index contributed by atoms with van der Waals surface area (Å²) in [7, 11) is 1.05. The van der Waals surface area contributed by atoms with Crippen molar-refractivity contribution in [1.29, 1.82) is 0 Å². The molecule has 0 bridgehead atoms. The normalized spacial score (nSPS) is 16.0. The van der Waals surface area contributed by atoms with Crippen molar-refractivity contribution >= 4 is 17.8 Å². The Labute approximate surface area is 162 Å². The summed E-state index contributed by atoms with van der Waals surface area (Å²) in [6.07, 6.45) is -4.65. The number of pyridine rings is 1. The third-order valence-corrected chi connectivity index (χ3v) is 4.08. The number of imide groups is 1. The lowest BCUT2D eigenvalue weighted by molar-refractivity contribution is -0.138. The van der Waals surface area contributed by atoms with Gasteiger partial charge in [-0.25, -0.2) is 14.1 Å². The number of methoxy groups -OCH3 is 1. The predicted molar refractivity (Wildman–Crippen MR) is 92.4 cm³/mol. The molecule has 0 unspecified atom stereocenters. The van der Waals surface area contributed by atoms with Crippen molar-refractivity contribution in [2.45, 2.75) is 25.6 Å². The van der Waals surface area contributed by atoms with Crippen LogP contribution in [0.1, 0.15) is 19.4 Å². The molecule has 1 aliphatic heterocycles. The molecule has 154 valence electrons. The van der Waals surface area contributed by atoms with Gasteiger partial charge in [0.1, 0.15) is 22.9 Å². The lowest BCUT2D eigenvalue weighted by Crippen LogP contribution is -2.40. The summed E-state index contributed by atoms with van der Waals surface area (Å²) < 4.78 is 62.9. The smallest absolute Gasteiger partial charge is 0.419 e. The molecule has 0 atom stereocenters. The summed E-state index contributed by atoms with van der Waals surface area (Å²) in [5.74, 6) is -3.09. The van der Waals surface area contributed by atoms with E-state index in [9.17, 15) is 27.2 Å². The molecule has 1 N–H and O–H groups in total. The maximum absolute atomic E-state index is 14.1. The summed E-state index contributed by atoms with van der Waals surface area (Å²) in [6.45, 7) is 2.98. The Morgan fingerprint density at radius 1 is 1.14 bits per heavy atom. The molecule has 3 amide bonds. The van der Waals surface area contributed by atoms with Crippen LogP contribution in [0.4, 0.5) is 28.2 Å². The van der Waals surface area contributed by atoms with E-state index in [-0.39, 0.29) is 11.6 Å². The molecule has 0 radical (unpaired) electrons. The standard InChI is InChI=1S/C18H15F4N3O4/c1-17(2)15(26)25(16(27)24-17)13-7-6-11(19)14(23-13)29-9-4-5-10(18(20,21)22)12(8-9)28-3/h4-8H,1-3H3,(H,24,27). The monoisotopic (exact) mass is 413 g/mol. The predicted octanol–water partition coefficient (Wildman–Crippen LogP) is 3.88. The Bertz CT molecular complexity index is 992. The van der Waals surface area contributed by atoms with Crippen LogP contribution in [0.15, 0.2) is 30.3 Å². The summed E-state index contributed by atoms with van der Waals surface area (Å²) in [6, 6.07) is 3.89. The van der Waals surface area contributed by atoms with Crippen LogP contribution >= 0.6 is 0 Å². The largest absolute Gasteiger partial charge is 0.496 e. The number of ether oxygens (including phenoxy) is 2. The zero-order chi connectivity index (χ0) is 21.6. The van der Waals surface area contributed by atoms with Gasteiger partial charge in [0.05, 0.1) is 12.7 Å². The van der Waals surface area contributed by atoms with Crippen molar-refractivity contribution in [1.82, 2.24) is 10.3 Å². The van der Waals surface area contributed by atoms with Crippen molar-refractivity contribution in [3.63, 3.8) is 0 Å². The Kier molecular flexibility index (Phi) is 4.85. The number of anilines is 1. The van der Waals surface area contributed by atoms with E-state index in [0.717, 1.165) is 42.3 Å². The molecule has 0 spiro atoms. The van der Waals surface area contributed by atoms with E-state index in [1.807, 2.05) is 0 Å². The maximum Gasteiger partial charge on any atom is 0.419 e. The van der Waals surface area contributed by atoms with Gasteiger partial charge in [0, 0.05) is 6.07 Å². The van der Waals surface area contributed by atoms with Crippen molar-refractivity contribution < 1.29 is 36.6 Å². The number of halogens is 4. The number of carbonyl (C=O) groups excluding carboxylic acids is 2. The quantitative estimate of drug-likeness (QED) is 0.608. The number of hydrogen-bond donors (Lipinski definition) is 1. The van der Waals surface area contributed by atoms with E-state index in [1.54, 1.807) is 0 Å². The zero-order valence-corrected chi connectivity index (χ0v) is 15.4. The van der Waals surface area contributed by atoms with Gasteiger partial charge in [-0.2, -0.15) is 18.2 Å². The van der Waals surface area contributed by atoms with Crippen LogP contribution in [0.5, 0.6) is 17.4 Å². The number of nitrogens with one attached hydrogen (secondary N) is 1. The highest BCUT2D eigenvalue weighted by Crippen LogP contribution is 2.39. The second-order valence-corrected chi connectivity index (χ2v) is 6.61. The van der Waals surface area contributed by atoms with E-state index in [4.69, 9.17) is 9.47 Å². The van der Waals surface area contributed by atoms with Gasteiger partial charge < -0.3 is 14.8 Å². The lowest BCUT2D eigenvalue weighted by Gasteiger charge is -2.16. The first-order chi connectivity index (χ1) is 13.4. The van der Waals surface area contributed by atoms with Gasteiger partial charge in [-0.1, -0.05) is 0 Å². The number of rotatable bonds is 4. The molecule has 29 heavy (non-hydrogen) atoms. The zero-order valence-electron chi connectivity index (χ0n) is 15.4. The van der Waals surface area contributed by atoms with Crippen LogP contribution in [-0.4, -0.2) is 29.6 Å². The number of aromatic nitrogens is 1. The highest BCUT2D eigenvalue weighted by Gasteiger charge is 2.46. The fourth-order valence-electron chi connectivity index (χ4n) is 2.65. The lowest BCUT2D eigenvalue weighted by atomic mass is 10.1. The van der Waals surface area contributed by atoms with Crippen LogP contribution in [0, 0.1) is 5.82 Å². The average molecular weight is 413 g/mol. The number of amides is 3. The number of carbonyl (C=O) groups is 2. The van der Waals surface area contributed by atoms with E-state index in [2.05, 4.69) is 10.3 Å². The van der Waals surface area contributed by atoms with Crippen molar-refractivity contribution in [2.75, 3.05) is 12.0 Å². The third kappa shape index (κ3) is 3.80. The second-order valence-electron chi connectivity index (χ2n) is 6.61. The van der Waals surface area contributed by atoms with Gasteiger partial charge in [0.2, 0.25) is 0 Å². The van der Waals surface area contributed by atoms with Gasteiger partial charge in [-0.3, -0.25) is 4.79 Å². The third-order valence-electron chi connectivity index (χ3n) is 4.08. The minimum atomic E-state index is -4.65. The molecular formula is C18H15F4N3O4. The number of alkyl halides is 3. The van der Waals surface area contributed by atoms with Gasteiger partial charge >= 0.3 is 12.2 Å². The summed E-state index contributed by atoms with van der Waals surface area (Å²) in [5, 5.41) is 2.45. The number of nitrogens with zero attached hydrogens (tertiary/aromatic N) is 2. The highest BCUT2D eigenvalue weighted by atomic mass is 19.4. The summed E-state index contributed by atoms with van der Waals surface area (Å²) in [4.78, 5) is 29.0. The Hall–Kier alpha value is -3.37. The summed E-state index contributed by atoms with van der Waals surface area (Å²) in [5.41, 5.74) is -2.20. The molecule has 11 heteroatoms. The van der Waals surface area contributed by atoms with Crippen LogP contribution < -0.4 is 19.7 Å². The highest BCUT2D eigenvalue weighted by molar-refractivity contribution is 6.22. The molecule has 1 aromatic carbocycles. The molecule has 1 aromatic heterocycles. The molecular weight excluding hydrogens is 398 g/mol. The van der Waals surface area contributed by atoms with E-state index < -0.39 is 46.7 Å². The van der Waals surface area contributed by atoms with Crippen molar-refractivity contribution in [3.05, 3.63) is 41.7 Å². The van der Waals surface area contributed by atoms with Gasteiger partial charge in [0.25, 0.3) is 11.8 Å². The van der Waals surface area contributed by atoms with Crippen LogP contribution in [-0.2, 0) is 11.0 Å². The number of benzene rings is 1. The van der Waals surface area contributed by atoms with Gasteiger partial charge in [-0.05, 0) is 38.1 Å². The molecule has 1 fully saturated rings. The van der Waals surface area contributed by atoms with Crippen molar-refractivity contribution in [2.24, 2.45) is 0 Å². The minimum Gasteiger partial charge on any atom is -0.496 e. The Morgan fingerprint density at radius 2 is 1.83 bits per heavy atom. The average Bonchev–Trinajstić information content (AvgIpc) is 2.83. The van der Waals surface area contributed by atoms with Crippen molar-refractivity contribution in [3.8, 4) is 17.4 Å². The molecule has 1 aliphatic rings. The Balaban J connectivity index is 1.94. The van der Waals surface area contributed by atoms with Crippen LogP contribution in [0.2, 0.25) is 0 Å². The topological polar surface area (TPSA) is 80.8 Å².